The van der Waals surface area contributed by atoms with E-state index in [9.17, 15) is 13.2 Å². The average Bonchev–Trinajstić information content (AvgIpc) is 3.20. The Morgan fingerprint density at radius 3 is 2.79 bits per heavy atom. The lowest BCUT2D eigenvalue weighted by atomic mass is 10.1. The second-order valence-corrected chi connectivity index (χ2v) is 8.57. The molecule has 6 nitrogen and oxygen atoms in total. The number of hydrogen-bond acceptors (Lipinski definition) is 4. The average molecular weight is 351 g/mol. The zero-order valence-corrected chi connectivity index (χ0v) is 15.1. The van der Waals surface area contributed by atoms with E-state index in [0.717, 1.165) is 26.1 Å². The quantitative estimate of drug-likeness (QED) is 0.823. The van der Waals surface area contributed by atoms with E-state index < -0.39 is 10.0 Å². The molecule has 2 aliphatic heterocycles. The summed E-state index contributed by atoms with van der Waals surface area (Å²) < 4.78 is 25.6. The van der Waals surface area contributed by atoms with Crippen molar-refractivity contribution in [3.8, 4) is 0 Å². The molecular formula is C17H25N3O3S. The van der Waals surface area contributed by atoms with Crippen LogP contribution in [0, 0.1) is 0 Å². The minimum Gasteiger partial charge on any atom is -0.337 e. The van der Waals surface area contributed by atoms with Crippen molar-refractivity contribution in [2.75, 3.05) is 43.3 Å². The first-order valence-electron chi connectivity index (χ1n) is 8.52. The highest BCUT2D eigenvalue weighted by atomic mass is 32.2. The Hall–Kier alpha value is -1.60. The molecule has 0 unspecified atom stereocenters. The number of likely N-dealkylation sites (N-methyl/N-ethyl adjacent to an activating group) is 1. The van der Waals surface area contributed by atoms with E-state index in [2.05, 4.69) is 18.9 Å². The van der Waals surface area contributed by atoms with Crippen LogP contribution in [0.5, 0.6) is 0 Å². The fourth-order valence-corrected chi connectivity index (χ4v) is 5.01. The van der Waals surface area contributed by atoms with Gasteiger partial charge in [0.2, 0.25) is 10.0 Å². The predicted octanol–water partition coefficient (Wildman–Crippen LogP) is 1.39. The highest BCUT2D eigenvalue weighted by Crippen LogP contribution is 2.26. The van der Waals surface area contributed by atoms with Crippen LogP contribution in [0.1, 0.15) is 30.1 Å². The van der Waals surface area contributed by atoms with Gasteiger partial charge in [-0.3, -0.25) is 9.10 Å². The summed E-state index contributed by atoms with van der Waals surface area (Å²) in [4.78, 5) is 16.9. The lowest BCUT2D eigenvalue weighted by Gasteiger charge is -2.23. The molecule has 2 aliphatic rings. The molecule has 132 valence electrons. The molecule has 2 fully saturated rings. The molecule has 1 amide bonds. The summed E-state index contributed by atoms with van der Waals surface area (Å²) in [6.07, 6.45) is 1.62. The number of carbonyl (C=O) groups excluding carboxylic acids is 1. The largest absolute Gasteiger partial charge is 0.337 e. The first-order chi connectivity index (χ1) is 11.4. The van der Waals surface area contributed by atoms with Gasteiger partial charge in [-0.05, 0) is 44.6 Å². The maximum absolute atomic E-state index is 12.8. The Bertz CT molecular complexity index is 720. The lowest BCUT2D eigenvalue weighted by molar-refractivity contribution is 0.0781. The SMILES string of the molecule is CCN(C)[C@H]1CCN(C(=O)c2cccc(N3CCCS3(=O)=O)c2)C1. The number of nitrogens with zero attached hydrogens (tertiary/aromatic N) is 3. The van der Waals surface area contributed by atoms with Crippen LogP contribution in [-0.2, 0) is 10.0 Å². The van der Waals surface area contributed by atoms with Crippen LogP contribution in [0.25, 0.3) is 0 Å². The van der Waals surface area contributed by atoms with Crippen LogP contribution in [0.4, 0.5) is 5.69 Å². The predicted molar refractivity (Wildman–Crippen MR) is 94.8 cm³/mol. The molecule has 3 rings (SSSR count). The molecule has 0 bridgehead atoms. The van der Waals surface area contributed by atoms with Gasteiger partial charge >= 0.3 is 0 Å². The van der Waals surface area contributed by atoms with Crippen LogP contribution >= 0.6 is 0 Å². The van der Waals surface area contributed by atoms with Crippen molar-refractivity contribution < 1.29 is 13.2 Å². The minimum absolute atomic E-state index is 0.0135. The van der Waals surface area contributed by atoms with Gasteiger partial charge in [-0.1, -0.05) is 13.0 Å². The third kappa shape index (κ3) is 3.28. The molecule has 1 atom stereocenters. The van der Waals surface area contributed by atoms with Crippen molar-refractivity contribution >= 4 is 21.6 Å². The maximum atomic E-state index is 12.8. The molecule has 2 saturated heterocycles. The summed E-state index contributed by atoms with van der Waals surface area (Å²) in [5.74, 6) is 0.169. The Morgan fingerprint density at radius 2 is 2.12 bits per heavy atom. The smallest absolute Gasteiger partial charge is 0.253 e. The van der Waals surface area contributed by atoms with Gasteiger partial charge in [0.1, 0.15) is 0 Å². The van der Waals surface area contributed by atoms with Gasteiger partial charge in [-0.2, -0.15) is 0 Å². The normalized spacial score (nSPS) is 23.2. The van der Waals surface area contributed by atoms with Crippen molar-refractivity contribution in [1.29, 1.82) is 0 Å². The molecule has 2 heterocycles. The molecule has 0 radical (unpaired) electrons. The first-order valence-corrected chi connectivity index (χ1v) is 10.1. The number of likely N-dealkylation sites (tertiary alicyclic amines) is 1. The van der Waals surface area contributed by atoms with Crippen LogP contribution in [0.3, 0.4) is 0 Å². The van der Waals surface area contributed by atoms with E-state index in [-0.39, 0.29) is 11.7 Å². The summed E-state index contributed by atoms with van der Waals surface area (Å²) >= 11 is 0. The van der Waals surface area contributed by atoms with E-state index >= 15 is 0 Å². The topological polar surface area (TPSA) is 60.9 Å². The minimum atomic E-state index is -3.22. The Labute approximate surface area is 144 Å². The van der Waals surface area contributed by atoms with E-state index in [4.69, 9.17) is 0 Å². The summed E-state index contributed by atoms with van der Waals surface area (Å²) in [5, 5.41) is 0. The van der Waals surface area contributed by atoms with Gasteiger partial charge in [0.15, 0.2) is 0 Å². The zero-order valence-electron chi connectivity index (χ0n) is 14.3. The van der Waals surface area contributed by atoms with Crippen LogP contribution < -0.4 is 4.31 Å². The maximum Gasteiger partial charge on any atom is 0.253 e. The van der Waals surface area contributed by atoms with Crippen molar-refractivity contribution in [2.24, 2.45) is 0 Å². The molecule has 1 aromatic rings. The monoisotopic (exact) mass is 351 g/mol. The number of anilines is 1. The van der Waals surface area contributed by atoms with Crippen molar-refractivity contribution in [3.05, 3.63) is 29.8 Å². The lowest BCUT2D eigenvalue weighted by Crippen LogP contribution is -2.36. The highest BCUT2D eigenvalue weighted by Gasteiger charge is 2.31. The van der Waals surface area contributed by atoms with E-state index in [1.165, 1.54) is 4.31 Å². The summed E-state index contributed by atoms with van der Waals surface area (Å²) in [7, 11) is -1.14. The van der Waals surface area contributed by atoms with Crippen molar-refractivity contribution in [1.82, 2.24) is 9.80 Å². The van der Waals surface area contributed by atoms with Gasteiger partial charge in [0, 0.05) is 31.2 Å². The second-order valence-electron chi connectivity index (χ2n) is 6.56. The number of benzene rings is 1. The van der Waals surface area contributed by atoms with Gasteiger partial charge in [-0.25, -0.2) is 8.42 Å². The number of rotatable bonds is 4. The van der Waals surface area contributed by atoms with Gasteiger partial charge in [-0.15, -0.1) is 0 Å². The highest BCUT2D eigenvalue weighted by molar-refractivity contribution is 7.93. The molecule has 0 aliphatic carbocycles. The number of carbonyl (C=O) groups is 1. The van der Waals surface area contributed by atoms with E-state index in [0.29, 0.717) is 30.3 Å². The van der Waals surface area contributed by atoms with Crippen LogP contribution in [0.15, 0.2) is 24.3 Å². The molecule has 0 N–H and O–H groups in total. The molecule has 0 spiro atoms. The standard InChI is InChI=1S/C17H25N3O3S/c1-3-18(2)16-8-10-19(13-16)17(21)14-6-4-7-15(12-14)20-9-5-11-24(20,22)23/h4,6-7,12,16H,3,5,8-11,13H2,1-2H3/t16-/m0/s1. The Balaban J connectivity index is 1.76. The molecule has 0 aromatic heterocycles. The fraction of sp³-hybridized carbons (Fsp3) is 0.588. The summed E-state index contributed by atoms with van der Waals surface area (Å²) in [6, 6.07) is 7.41. The van der Waals surface area contributed by atoms with E-state index in [1.807, 2.05) is 4.90 Å². The molecule has 7 heteroatoms. The Morgan fingerprint density at radius 1 is 1.33 bits per heavy atom. The molecule has 0 saturated carbocycles. The third-order valence-corrected chi connectivity index (χ3v) is 6.92. The first kappa shape index (κ1) is 17.2. The number of amides is 1. The molecule has 1 aromatic carbocycles. The second kappa shape index (κ2) is 6.72. The van der Waals surface area contributed by atoms with Crippen molar-refractivity contribution in [3.63, 3.8) is 0 Å². The fourth-order valence-electron chi connectivity index (χ4n) is 3.45. The van der Waals surface area contributed by atoms with Crippen molar-refractivity contribution in [2.45, 2.75) is 25.8 Å². The zero-order chi connectivity index (χ0) is 17.3. The van der Waals surface area contributed by atoms with Crippen LogP contribution in [-0.4, -0.2) is 69.1 Å². The van der Waals surface area contributed by atoms with Gasteiger partial charge in [0.05, 0.1) is 11.4 Å². The summed E-state index contributed by atoms with van der Waals surface area (Å²) in [6.45, 7) is 5.06. The van der Waals surface area contributed by atoms with Gasteiger partial charge in [0.25, 0.3) is 5.91 Å². The Kier molecular flexibility index (Phi) is 4.83. The van der Waals surface area contributed by atoms with Gasteiger partial charge < -0.3 is 9.80 Å². The number of sulfonamides is 1. The number of hydrogen-bond donors (Lipinski definition) is 0. The van der Waals surface area contributed by atoms with Crippen LogP contribution in [0.2, 0.25) is 0 Å². The third-order valence-electron chi connectivity index (χ3n) is 5.05. The van der Waals surface area contributed by atoms with E-state index in [1.54, 1.807) is 24.3 Å². The summed E-state index contributed by atoms with van der Waals surface area (Å²) in [5.41, 5.74) is 1.16. The molecular weight excluding hydrogens is 326 g/mol. The molecule has 24 heavy (non-hydrogen) atoms.